The molecule has 4 bridgehead atoms. The van der Waals surface area contributed by atoms with Gasteiger partial charge in [-0.1, -0.05) is 19.1 Å². The van der Waals surface area contributed by atoms with E-state index in [0.29, 0.717) is 29.2 Å². The minimum atomic E-state index is -3.61. The van der Waals surface area contributed by atoms with Crippen molar-refractivity contribution in [3.63, 3.8) is 0 Å². The SMILES string of the molecule is CCS(=O)(=O)c1ccc2cc1CNC(=O)[C@H](Nc1ccc3c(N)nccc3c1)c1cc(C)c(c(C)c1)CCOC(=O)N2. The predicted molar refractivity (Wildman–Crippen MR) is 163 cm³/mol. The van der Waals surface area contributed by atoms with E-state index in [-0.39, 0.29) is 29.7 Å². The standard InChI is InChI=1S/C31H33N5O5S/c1-4-42(39,40)27-8-6-24-16-22(27)17-34-30(37)28(35-23-5-7-26-20(15-23)9-11-33-29(26)32)21-13-18(2)25(19(3)14-21)10-12-41-31(38)36-24/h5-9,11,13-16,28,35H,4,10,12,17H2,1-3H3,(H2,32,33)(H,34,37)(H,36,38)/t28-/m1/s1. The number of rotatable bonds is 4. The Hall–Kier alpha value is -4.64. The van der Waals surface area contributed by atoms with Crippen molar-refractivity contribution in [1.82, 2.24) is 10.3 Å². The summed E-state index contributed by atoms with van der Waals surface area (Å²) >= 11 is 0. The van der Waals surface area contributed by atoms with Gasteiger partial charge in [0.15, 0.2) is 9.84 Å². The smallest absolute Gasteiger partial charge is 0.411 e. The van der Waals surface area contributed by atoms with E-state index < -0.39 is 22.0 Å². The van der Waals surface area contributed by atoms with E-state index in [1.54, 1.807) is 19.2 Å². The Morgan fingerprint density at radius 3 is 2.55 bits per heavy atom. The Bertz CT molecular complexity index is 1780. The number of hydrogen-bond acceptors (Lipinski definition) is 8. The quantitative estimate of drug-likeness (QED) is 0.266. The summed E-state index contributed by atoms with van der Waals surface area (Å²) < 4.78 is 31.1. The molecule has 0 aliphatic carbocycles. The van der Waals surface area contributed by atoms with Gasteiger partial charge in [0.2, 0.25) is 5.91 Å². The van der Waals surface area contributed by atoms with Crippen LogP contribution < -0.4 is 21.7 Å². The maximum atomic E-state index is 13.9. The molecule has 1 atom stereocenters. The highest BCUT2D eigenvalue weighted by Gasteiger charge is 2.25. The van der Waals surface area contributed by atoms with Crippen LogP contribution in [0.25, 0.3) is 10.8 Å². The molecule has 0 fully saturated rings. The summed E-state index contributed by atoms with van der Waals surface area (Å²) in [5.74, 6) is -0.0380. The molecule has 10 nitrogen and oxygen atoms in total. The molecule has 42 heavy (non-hydrogen) atoms. The minimum Gasteiger partial charge on any atom is -0.449 e. The highest BCUT2D eigenvalue weighted by atomic mass is 32.2. The lowest BCUT2D eigenvalue weighted by Crippen LogP contribution is -2.34. The van der Waals surface area contributed by atoms with Gasteiger partial charge in [0.05, 0.1) is 17.3 Å². The Balaban J connectivity index is 1.57. The lowest BCUT2D eigenvalue weighted by atomic mass is 9.93. The fourth-order valence-corrected chi connectivity index (χ4v) is 6.40. The van der Waals surface area contributed by atoms with Gasteiger partial charge in [0, 0.05) is 35.9 Å². The van der Waals surface area contributed by atoms with E-state index in [2.05, 4.69) is 20.9 Å². The second kappa shape index (κ2) is 11.7. The van der Waals surface area contributed by atoms with E-state index in [9.17, 15) is 18.0 Å². The number of hydrogen-bond donors (Lipinski definition) is 4. The number of pyridine rings is 1. The van der Waals surface area contributed by atoms with Gasteiger partial charge in [-0.15, -0.1) is 0 Å². The van der Waals surface area contributed by atoms with Crippen molar-refractivity contribution in [2.24, 2.45) is 0 Å². The summed E-state index contributed by atoms with van der Waals surface area (Å²) in [7, 11) is -3.61. The van der Waals surface area contributed by atoms with Crippen molar-refractivity contribution in [2.45, 2.75) is 44.7 Å². The Labute approximate surface area is 244 Å². The molecule has 2 amide bonds. The van der Waals surface area contributed by atoms with Crippen LogP contribution in [0.3, 0.4) is 0 Å². The van der Waals surface area contributed by atoms with E-state index in [1.165, 1.54) is 12.1 Å². The zero-order valence-corrected chi connectivity index (χ0v) is 24.5. The van der Waals surface area contributed by atoms with E-state index in [4.69, 9.17) is 10.5 Å². The molecule has 0 radical (unpaired) electrons. The average molecular weight is 588 g/mol. The van der Waals surface area contributed by atoms with Crippen molar-refractivity contribution in [3.8, 4) is 0 Å². The molecule has 0 saturated carbocycles. The first-order chi connectivity index (χ1) is 20.1. The van der Waals surface area contributed by atoms with Crippen molar-refractivity contribution in [2.75, 3.05) is 28.7 Å². The van der Waals surface area contributed by atoms with E-state index in [1.807, 2.05) is 50.2 Å². The van der Waals surface area contributed by atoms with Crippen molar-refractivity contribution in [3.05, 3.63) is 88.6 Å². The first-order valence-electron chi connectivity index (χ1n) is 13.6. The second-order valence-electron chi connectivity index (χ2n) is 10.3. The monoisotopic (exact) mass is 587 g/mol. The van der Waals surface area contributed by atoms with Crippen LogP contribution in [0.4, 0.5) is 22.0 Å². The summed E-state index contributed by atoms with van der Waals surface area (Å²) in [5.41, 5.74) is 11.1. The van der Waals surface area contributed by atoms with Crippen LogP contribution in [0.2, 0.25) is 0 Å². The van der Waals surface area contributed by atoms with Crippen LogP contribution in [0.15, 0.2) is 65.7 Å². The summed E-state index contributed by atoms with van der Waals surface area (Å²) in [6.45, 7) is 5.55. The third-order valence-corrected chi connectivity index (χ3v) is 9.31. The number of aromatic nitrogens is 1. The molecule has 4 aromatic rings. The second-order valence-corrected chi connectivity index (χ2v) is 12.5. The molecule has 1 aromatic heterocycles. The molecular weight excluding hydrogens is 554 g/mol. The van der Waals surface area contributed by atoms with Gasteiger partial charge >= 0.3 is 6.09 Å². The third kappa shape index (κ3) is 6.01. The van der Waals surface area contributed by atoms with Crippen LogP contribution in [-0.2, 0) is 32.3 Å². The number of nitrogens with one attached hydrogen (secondary N) is 3. The number of aryl methyl sites for hydroxylation is 2. The fourth-order valence-electron chi connectivity index (χ4n) is 5.28. The Morgan fingerprint density at radius 1 is 1.05 bits per heavy atom. The summed E-state index contributed by atoms with van der Waals surface area (Å²) in [4.78, 5) is 30.6. The van der Waals surface area contributed by atoms with E-state index >= 15 is 0 Å². The number of nitrogen functional groups attached to an aromatic ring is 1. The number of fused-ring (bicyclic) bond motifs is 10. The van der Waals surface area contributed by atoms with Crippen molar-refractivity contribution >= 4 is 49.8 Å². The number of sulfone groups is 1. The number of carbonyl (C=O) groups excluding carboxylic acids is 2. The van der Waals surface area contributed by atoms with Gasteiger partial charge in [-0.05, 0) is 89.5 Å². The molecule has 0 unspecified atom stereocenters. The number of amides is 2. The zero-order valence-electron chi connectivity index (χ0n) is 23.7. The maximum absolute atomic E-state index is 13.9. The van der Waals surface area contributed by atoms with Crippen molar-refractivity contribution < 1.29 is 22.7 Å². The molecule has 5 N–H and O–H groups in total. The Morgan fingerprint density at radius 2 is 1.81 bits per heavy atom. The number of nitrogens with zero attached hydrogens (tertiary/aromatic N) is 1. The van der Waals surface area contributed by atoms with Gasteiger partial charge in [-0.25, -0.2) is 18.2 Å². The number of nitrogens with two attached hydrogens (primary N) is 1. The molecule has 3 aromatic carbocycles. The number of anilines is 3. The average Bonchev–Trinajstić information content (AvgIpc) is 2.95. The van der Waals surface area contributed by atoms with Gasteiger partial charge in [0.1, 0.15) is 11.9 Å². The molecule has 0 spiro atoms. The molecule has 2 aliphatic heterocycles. The molecule has 3 heterocycles. The fraction of sp³-hybridized carbons (Fsp3) is 0.258. The molecule has 2 aliphatic rings. The topological polar surface area (TPSA) is 153 Å². The zero-order chi connectivity index (χ0) is 30.0. The highest BCUT2D eigenvalue weighted by molar-refractivity contribution is 7.91. The number of ether oxygens (including phenoxy) is 1. The first kappa shape index (κ1) is 28.9. The minimum absolute atomic E-state index is 0.0773. The van der Waals surface area contributed by atoms with Gasteiger partial charge in [-0.2, -0.15) is 0 Å². The van der Waals surface area contributed by atoms with Crippen LogP contribution in [0.5, 0.6) is 0 Å². The van der Waals surface area contributed by atoms with Crippen molar-refractivity contribution in [1.29, 1.82) is 0 Å². The Kier molecular flexibility index (Phi) is 8.04. The molecule has 6 rings (SSSR count). The van der Waals surface area contributed by atoms with Crippen LogP contribution in [0, 0.1) is 13.8 Å². The van der Waals surface area contributed by atoms with Gasteiger partial charge in [0.25, 0.3) is 0 Å². The summed E-state index contributed by atoms with van der Waals surface area (Å²) in [6, 6.07) is 15.0. The maximum Gasteiger partial charge on any atom is 0.411 e. The summed E-state index contributed by atoms with van der Waals surface area (Å²) in [5, 5.41) is 10.6. The molecular formula is C31H33N5O5S. The highest BCUT2D eigenvalue weighted by Crippen LogP contribution is 2.29. The van der Waals surface area contributed by atoms with Gasteiger partial charge < -0.3 is 21.1 Å². The molecule has 0 saturated heterocycles. The molecule has 218 valence electrons. The lowest BCUT2D eigenvalue weighted by Gasteiger charge is -2.23. The van der Waals surface area contributed by atoms with Crippen LogP contribution in [-0.4, -0.2) is 37.8 Å². The summed E-state index contributed by atoms with van der Waals surface area (Å²) in [6.07, 6.45) is 1.48. The van der Waals surface area contributed by atoms with E-state index in [0.717, 1.165) is 33.0 Å². The first-order valence-corrected chi connectivity index (χ1v) is 15.3. The number of benzene rings is 3. The van der Waals surface area contributed by atoms with Crippen LogP contribution >= 0.6 is 0 Å². The predicted octanol–water partition coefficient (Wildman–Crippen LogP) is 4.80. The largest absolute Gasteiger partial charge is 0.449 e. The van der Waals surface area contributed by atoms with Gasteiger partial charge in [-0.3, -0.25) is 10.1 Å². The third-order valence-electron chi connectivity index (χ3n) is 7.48. The number of carbonyl (C=O) groups is 2. The molecule has 11 heteroatoms. The normalized spacial score (nSPS) is 16.0. The lowest BCUT2D eigenvalue weighted by molar-refractivity contribution is -0.122. The van der Waals surface area contributed by atoms with Crippen LogP contribution in [0.1, 0.15) is 40.8 Å².